The molecule has 2 aromatic rings. The summed E-state index contributed by atoms with van der Waals surface area (Å²) < 4.78 is 23.8. The third kappa shape index (κ3) is 5.56. The fourth-order valence-corrected chi connectivity index (χ4v) is 4.17. The molecule has 1 saturated carbocycles. The SMILES string of the molecule is CCC(=NC=C(Cl)C(C)=Nc1cc(C2CC2)[nH]n1)c1ccc(Cl)c(S(C)(=O)=O)c1. The second-order valence-corrected chi connectivity index (χ2v) is 9.78. The third-order valence-electron chi connectivity index (χ3n) is 4.56. The van der Waals surface area contributed by atoms with E-state index in [1.165, 1.54) is 25.1 Å². The van der Waals surface area contributed by atoms with E-state index in [1.807, 2.05) is 13.0 Å². The Morgan fingerprint density at radius 1 is 1.34 bits per heavy atom. The van der Waals surface area contributed by atoms with Gasteiger partial charge in [-0.2, -0.15) is 5.10 Å². The lowest BCUT2D eigenvalue weighted by Crippen LogP contribution is -2.04. The maximum atomic E-state index is 11.9. The van der Waals surface area contributed by atoms with Crippen molar-refractivity contribution >= 4 is 50.3 Å². The predicted octanol–water partition coefficient (Wildman–Crippen LogP) is 5.42. The molecule has 1 aliphatic rings. The highest BCUT2D eigenvalue weighted by atomic mass is 35.5. The number of benzene rings is 1. The number of sulfone groups is 1. The first-order chi connectivity index (χ1) is 13.7. The molecule has 9 heteroatoms. The summed E-state index contributed by atoms with van der Waals surface area (Å²) in [5, 5.41) is 7.77. The second-order valence-electron chi connectivity index (χ2n) is 6.98. The predicted molar refractivity (Wildman–Crippen MR) is 119 cm³/mol. The van der Waals surface area contributed by atoms with Crippen LogP contribution >= 0.6 is 23.2 Å². The number of halogens is 2. The van der Waals surface area contributed by atoms with Crippen molar-refractivity contribution in [2.75, 3.05) is 6.26 Å². The molecule has 1 aromatic heterocycles. The minimum Gasteiger partial charge on any atom is -0.280 e. The Labute approximate surface area is 180 Å². The van der Waals surface area contributed by atoms with Gasteiger partial charge in [0.1, 0.15) is 0 Å². The fraction of sp³-hybridized carbons (Fsp3) is 0.350. The van der Waals surface area contributed by atoms with Crippen LogP contribution in [0.2, 0.25) is 5.02 Å². The lowest BCUT2D eigenvalue weighted by Gasteiger charge is -2.07. The van der Waals surface area contributed by atoms with Crippen molar-refractivity contribution in [2.24, 2.45) is 9.98 Å². The lowest BCUT2D eigenvalue weighted by molar-refractivity contribution is 0.602. The summed E-state index contributed by atoms with van der Waals surface area (Å²) in [6.45, 7) is 3.72. The van der Waals surface area contributed by atoms with Crippen LogP contribution in [-0.2, 0) is 9.84 Å². The van der Waals surface area contributed by atoms with Gasteiger partial charge in [0, 0.05) is 35.8 Å². The van der Waals surface area contributed by atoms with Gasteiger partial charge < -0.3 is 0 Å². The molecule has 1 fully saturated rings. The van der Waals surface area contributed by atoms with Crippen LogP contribution in [0.4, 0.5) is 5.82 Å². The van der Waals surface area contributed by atoms with Crippen molar-refractivity contribution in [1.29, 1.82) is 0 Å². The average Bonchev–Trinajstić information content (AvgIpc) is 3.41. The van der Waals surface area contributed by atoms with Gasteiger partial charge in [-0.05, 0) is 43.9 Å². The second kappa shape index (κ2) is 8.81. The molecule has 0 radical (unpaired) electrons. The van der Waals surface area contributed by atoms with Gasteiger partial charge in [0.2, 0.25) is 0 Å². The molecule has 0 aliphatic heterocycles. The van der Waals surface area contributed by atoms with Crippen LogP contribution in [0.25, 0.3) is 0 Å². The highest BCUT2D eigenvalue weighted by molar-refractivity contribution is 7.90. The van der Waals surface area contributed by atoms with Gasteiger partial charge in [-0.15, -0.1) is 0 Å². The largest absolute Gasteiger partial charge is 0.280 e. The molecule has 1 heterocycles. The average molecular weight is 453 g/mol. The number of H-pyrrole nitrogens is 1. The number of aromatic nitrogens is 2. The number of nitrogens with zero attached hydrogens (tertiary/aromatic N) is 3. The van der Waals surface area contributed by atoms with E-state index in [4.69, 9.17) is 23.2 Å². The van der Waals surface area contributed by atoms with Crippen molar-refractivity contribution in [1.82, 2.24) is 10.2 Å². The molecule has 154 valence electrons. The summed E-state index contributed by atoms with van der Waals surface area (Å²) in [6, 6.07) is 6.77. The Balaban J connectivity index is 1.84. The maximum absolute atomic E-state index is 11.9. The minimum absolute atomic E-state index is 0.0793. The fourth-order valence-electron chi connectivity index (χ4n) is 2.78. The van der Waals surface area contributed by atoms with E-state index in [-0.39, 0.29) is 9.92 Å². The highest BCUT2D eigenvalue weighted by Gasteiger charge is 2.25. The van der Waals surface area contributed by atoms with E-state index in [1.54, 1.807) is 19.1 Å². The number of hydrogen-bond donors (Lipinski definition) is 1. The van der Waals surface area contributed by atoms with Gasteiger partial charge in [-0.3, -0.25) is 10.1 Å². The Hall–Kier alpha value is -1.96. The van der Waals surface area contributed by atoms with Gasteiger partial charge in [0.05, 0.1) is 20.7 Å². The number of hydrogen-bond acceptors (Lipinski definition) is 5. The molecule has 1 aromatic carbocycles. The van der Waals surface area contributed by atoms with E-state index in [9.17, 15) is 8.42 Å². The van der Waals surface area contributed by atoms with E-state index >= 15 is 0 Å². The van der Waals surface area contributed by atoms with Gasteiger partial charge in [-0.25, -0.2) is 13.4 Å². The monoisotopic (exact) mass is 452 g/mol. The lowest BCUT2D eigenvalue weighted by atomic mass is 10.1. The quantitative estimate of drug-likeness (QED) is 0.568. The van der Waals surface area contributed by atoms with Crippen LogP contribution in [0.3, 0.4) is 0 Å². The molecule has 1 aliphatic carbocycles. The Kier molecular flexibility index (Phi) is 6.61. The van der Waals surface area contributed by atoms with Crippen LogP contribution in [0.15, 0.2) is 50.4 Å². The van der Waals surface area contributed by atoms with Crippen molar-refractivity contribution in [3.63, 3.8) is 0 Å². The molecule has 1 N–H and O–H groups in total. The van der Waals surface area contributed by atoms with Crippen LogP contribution in [-0.4, -0.2) is 36.3 Å². The standard InChI is InChI=1S/C20H22Cl2N4O2S/c1-4-17(14-7-8-15(21)19(9-14)29(3,27)28)23-11-16(22)12(2)24-20-10-18(25-26-20)13-5-6-13/h7-11,13H,4-6H2,1-3H3,(H,25,26). The van der Waals surface area contributed by atoms with Crippen LogP contribution in [0.5, 0.6) is 0 Å². The number of rotatable bonds is 7. The van der Waals surface area contributed by atoms with Crippen molar-refractivity contribution < 1.29 is 8.42 Å². The van der Waals surface area contributed by atoms with Gasteiger partial charge >= 0.3 is 0 Å². The minimum atomic E-state index is -3.43. The van der Waals surface area contributed by atoms with Gasteiger partial charge in [0.15, 0.2) is 15.7 Å². The smallest absolute Gasteiger partial charge is 0.177 e. The Morgan fingerprint density at radius 3 is 2.69 bits per heavy atom. The van der Waals surface area contributed by atoms with Gasteiger partial charge in [0.25, 0.3) is 0 Å². The summed E-state index contributed by atoms with van der Waals surface area (Å²) in [5.41, 5.74) is 3.06. The van der Waals surface area contributed by atoms with Crippen molar-refractivity contribution in [3.05, 3.63) is 51.8 Å². The summed E-state index contributed by atoms with van der Waals surface area (Å²) in [4.78, 5) is 8.96. The van der Waals surface area contributed by atoms with E-state index < -0.39 is 9.84 Å². The van der Waals surface area contributed by atoms with Crippen LogP contribution in [0, 0.1) is 0 Å². The Morgan fingerprint density at radius 2 is 2.07 bits per heavy atom. The molecule has 0 atom stereocenters. The van der Waals surface area contributed by atoms with E-state index in [0.29, 0.717) is 40.2 Å². The summed E-state index contributed by atoms with van der Waals surface area (Å²) in [7, 11) is -3.43. The number of aromatic amines is 1. The number of nitrogens with one attached hydrogen (secondary N) is 1. The zero-order chi connectivity index (χ0) is 21.2. The Bertz CT molecular complexity index is 1110. The zero-order valence-corrected chi connectivity index (χ0v) is 18.7. The zero-order valence-electron chi connectivity index (χ0n) is 16.4. The molecule has 29 heavy (non-hydrogen) atoms. The molecule has 0 saturated heterocycles. The summed E-state index contributed by atoms with van der Waals surface area (Å²) >= 11 is 12.4. The normalized spacial score (nSPS) is 16.4. The molecular weight excluding hydrogens is 431 g/mol. The highest BCUT2D eigenvalue weighted by Crippen LogP contribution is 2.39. The first kappa shape index (κ1) is 21.7. The van der Waals surface area contributed by atoms with Crippen molar-refractivity contribution in [3.8, 4) is 0 Å². The van der Waals surface area contributed by atoms with Crippen LogP contribution in [0.1, 0.15) is 50.3 Å². The molecule has 3 rings (SSSR count). The topological polar surface area (TPSA) is 87.5 Å². The molecule has 0 spiro atoms. The van der Waals surface area contributed by atoms with E-state index in [2.05, 4.69) is 20.2 Å². The maximum Gasteiger partial charge on any atom is 0.177 e. The van der Waals surface area contributed by atoms with Gasteiger partial charge in [-0.1, -0.05) is 36.2 Å². The van der Waals surface area contributed by atoms with Crippen molar-refractivity contribution in [2.45, 2.75) is 43.9 Å². The first-order valence-electron chi connectivity index (χ1n) is 9.22. The summed E-state index contributed by atoms with van der Waals surface area (Å²) in [6.07, 6.45) is 5.60. The summed E-state index contributed by atoms with van der Waals surface area (Å²) in [5.74, 6) is 1.16. The molecule has 6 nitrogen and oxygen atoms in total. The molecule has 0 unspecified atom stereocenters. The molecular formula is C20H22Cl2N4O2S. The third-order valence-corrected chi connectivity index (χ3v) is 6.51. The van der Waals surface area contributed by atoms with E-state index in [0.717, 1.165) is 11.9 Å². The number of allylic oxidation sites excluding steroid dienone is 1. The van der Waals surface area contributed by atoms with Crippen LogP contribution < -0.4 is 0 Å². The molecule has 0 amide bonds. The number of aliphatic imine (C=N–C) groups is 2. The molecule has 0 bridgehead atoms. The first-order valence-corrected chi connectivity index (χ1v) is 11.9.